The largest absolute Gasteiger partial charge is 0.424 e. The van der Waals surface area contributed by atoms with Crippen molar-refractivity contribution in [3.63, 3.8) is 0 Å². The average molecular weight is 571 g/mol. The third-order valence-corrected chi connectivity index (χ3v) is 9.35. The van der Waals surface area contributed by atoms with Crippen LogP contribution in [0.15, 0.2) is 143 Å². The fourth-order valence-electron chi connectivity index (χ4n) is 6.11. The fourth-order valence-corrected chi connectivity index (χ4v) is 7.23. The summed E-state index contributed by atoms with van der Waals surface area (Å²) in [5, 5.41) is 2.76. The monoisotopic (exact) mass is 570 g/mol. The highest BCUT2D eigenvalue weighted by molar-refractivity contribution is 7.25. The Balaban J connectivity index is 1.27. The zero-order valence-electron chi connectivity index (χ0n) is 22.8. The molecule has 0 radical (unpaired) electrons. The smallest absolute Gasteiger partial charge is 0.310 e. The normalized spacial score (nSPS) is 11.8. The van der Waals surface area contributed by atoms with Gasteiger partial charge >= 0.3 is 5.84 Å². The molecule has 9 rings (SSSR count). The van der Waals surface area contributed by atoms with Gasteiger partial charge in [0.2, 0.25) is 0 Å². The Morgan fingerprint density at radius 3 is 1.91 bits per heavy atom. The number of hydrogen-bond donors (Lipinski definition) is 0. The highest BCUT2D eigenvalue weighted by Crippen LogP contribution is 2.37. The predicted molar refractivity (Wildman–Crippen MR) is 178 cm³/mol. The van der Waals surface area contributed by atoms with Crippen LogP contribution < -0.4 is 5.56 Å². The van der Waals surface area contributed by atoms with Crippen molar-refractivity contribution in [1.82, 2.24) is 9.38 Å². The Hall–Kier alpha value is -5.52. The Morgan fingerprint density at radius 1 is 0.535 bits per heavy atom. The minimum Gasteiger partial charge on any atom is -0.424 e. The molecule has 0 aliphatic rings. The van der Waals surface area contributed by atoms with Crippen LogP contribution in [0.3, 0.4) is 0 Å². The Labute approximate surface area is 249 Å². The summed E-state index contributed by atoms with van der Waals surface area (Å²) in [4.78, 5) is 18.8. The summed E-state index contributed by atoms with van der Waals surface area (Å²) in [7, 11) is 0. The fraction of sp³-hybridized carbons (Fsp3) is 0. The van der Waals surface area contributed by atoms with E-state index in [2.05, 4.69) is 91.0 Å². The third kappa shape index (κ3) is 3.83. The lowest BCUT2D eigenvalue weighted by molar-refractivity contribution is 0.617. The van der Waals surface area contributed by atoms with Crippen LogP contribution in [0.5, 0.6) is 0 Å². The van der Waals surface area contributed by atoms with E-state index in [1.165, 1.54) is 4.70 Å². The molecule has 202 valence electrons. The van der Waals surface area contributed by atoms with Gasteiger partial charge in [-0.05, 0) is 81.9 Å². The molecule has 0 aliphatic carbocycles. The standard InChI is InChI=1S/C38H22N2O2S/c41-37-31-21-30-29-13-7-8-14-35(29)43-36(30)22-34(31)42-38-39-32-16-15-25(20-33(32)40(37)38)28-18-26(23-9-3-1-4-10-23)17-27(19-28)24-11-5-2-6-12-24/h1-22H. The Kier molecular flexibility index (Phi) is 5.18. The summed E-state index contributed by atoms with van der Waals surface area (Å²) in [6, 6.07) is 45.8. The second-order valence-corrected chi connectivity index (χ2v) is 11.9. The maximum absolute atomic E-state index is 14.1. The lowest BCUT2D eigenvalue weighted by Crippen LogP contribution is -2.12. The van der Waals surface area contributed by atoms with Gasteiger partial charge in [-0.25, -0.2) is 4.40 Å². The third-order valence-electron chi connectivity index (χ3n) is 8.22. The number of benzene rings is 6. The van der Waals surface area contributed by atoms with Crippen LogP contribution in [0.25, 0.3) is 81.4 Å². The molecule has 3 aromatic heterocycles. The molecule has 0 bridgehead atoms. The first-order valence-corrected chi connectivity index (χ1v) is 15.0. The molecule has 43 heavy (non-hydrogen) atoms. The lowest BCUT2D eigenvalue weighted by Gasteiger charge is -2.11. The van der Waals surface area contributed by atoms with Crippen molar-refractivity contribution >= 4 is 59.4 Å². The highest BCUT2D eigenvalue weighted by atomic mass is 32.1. The summed E-state index contributed by atoms with van der Waals surface area (Å²) in [6.45, 7) is 0. The first-order valence-electron chi connectivity index (χ1n) is 14.2. The van der Waals surface area contributed by atoms with Crippen LogP contribution in [-0.2, 0) is 0 Å². The second kappa shape index (κ2) is 9.24. The van der Waals surface area contributed by atoms with Crippen molar-refractivity contribution < 1.29 is 4.42 Å². The molecule has 0 saturated heterocycles. The summed E-state index contributed by atoms with van der Waals surface area (Å²) in [6.07, 6.45) is 0. The molecule has 0 unspecified atom stereocenters. The molecule has 4 nitrogen and oxygen atoms in total. The van der Waals surface area contributed by atoms with Crippen LogP contribution in [0.2, 0.25) is 0 Å². The van der Waals surface area contributed by atoms with Crippen molar-refractivity contribution in [1.29, 1.82) is 0 Å². The molecule has 0 atom stereocenters. The average Bonchev–Trinajstić information content (AvgIpc) is 3.62. The van der Waals surface area contributed by atoms with Gasteiger partial charge in [-0.3, -0.25) is 4.79 Å². The number of fused-ring (bicyclic) bond motifs is 7. The van der Waals surface area contributed by atoms with Gasteiger partial charge in [0.15, 0.2) is 0 Å². The first kappa shape index (κ1) is 24.1. The highest BCUT2D eigenvalue weighted by Gasteiger charge is 2.17. The van der Waals surface area contributed by atoms with Crippen molar-refractivity contribution in [2.45, 2.75) is 0 Å². The van der Waals surface area contributed by atoms with Gasteiger partial charge in [-0.15, -0.1) is 11.3 Å². The van der Waals surface area contributed by atoms with Crippen molar-refractivity contribution in [2.24, 2.45) is 0 Å². The quantitative estimate of drug-likeness (QED) is 0.212. The summed E-state index contributed by atoms with van der Waals surface area (Å²) in [5.74, 6) is 0.299. The van der Waals surface area contributed by atoms with E-state index >= 15 is 0 Å². The molecule has 0 fully saturated rings. The van der Waals surface area contributed by atoms with Crippen molar-refractivity contribution in [3.05, 3.63) is 144 Å². The molecule has 9 aromatic rings. The molecule has 3 heterocycles. The van der Waals surface area contributed by atoms with Crippen molar-refractivity contribution in [2.75, 3.05) is 0 Å². The van der Waals surface area contributed by atoms with Gasteiger partial charge in [0, 0.05) is 20.2 Å². The summed E-state index contributed by atoms with van der Waals surface area (Å²) in [5.41, 5.74) is 8.50. The second-order valence-electron chi connectivity index (χ2n) is 10.8. The molecule has 0 amide bonds. The van der Waals surface area contributed by atoms with Gasteiger partial charge in [0.1, 0.15) is 5.58 Å². The van der Waals surface area contributed by atoms with Crippen LogP contribution in [0.1, 0.15) is 0 Å². The lowest BCUT2D eigenvalue weighted by atomic mass is 9.93. The summed E-state index contributed by atoms with van der Waals surface area (Å²) >= 11 is 1.70. The van der Waals surface area contributed by atoms with Crippen LogP contribution >= 0.6 is 11.3 Å². The zero-order chi connectivity index (χ0) is 28.5. The first-order chi connectivity index (χ1) is 21.2. The van der Waals surface area contributed by atoms with E-state index in [1.807, 2.05) is 42.5 Å². The van der Waals surface area contributed by atoms with E-state index in [0.717, 1.165) is 59.9 Å². The van der Waals surface area contributed by atoms with Gasteiger partial charge in [-0.1, -0.05) is 84.9 Å². The van der Waals surface area contributed by atoms with Gasteiger partial charge in [0.25, 0.3) is 5.56 Å². The predicted octanol–water partition coefficient (Wildman–Crippen LogP) is 9.96. The maximum Gasteiger partial charge on any atom is 0.310 e. The van der Waals surface area contributed by atoms with E-state index in [-0.39, 0.29) is 5.56 Å². The van der Waals surface area contributed by atoms with E-state index in [9.17, 15) is 4.79 Å². The number of nitrogens with zero attached hydrogens (tertiary/aromatic N) is 2. The summed E-state index contributed by atoms with van der Waals surface area (Å²) < 4.78 is 10.2. The number of rotatable bonds is 3. The van der Waals surface area contributed by atoms with Gasteiger partial charge in [-0.2, -0.15) is 4.98 Å². The van der Waals surface area contributed by atoms with Gasteiger partial charge in [0.05, 0.1) is 16.4 Å². The number of imidazole rings is 1. The van der Waals surface area contributed by atoms with E-state index in [4.69, 9.17) is 9.40 Å². The molecule has 0 aliphatic heterocycles. The Bertz CT molecular complexity index is 2520. The minimum absolute atomic E-state index is 0.129. The number of thiophene rings is 1. The molecule has 0 N–H and O–H groups in total. The van der Waals surface area contributed by atoms with Crippen LogP contribution in [0, 0.1) is 0 Å². The molecular weight excluding hydrogens is 548 g/mol. The number of aromatic nitrogens is 2. The van der Waals surface area contributed by atoms with E-state index < -0.39 is 0 Å². The topological polar surface area (TPSA) is 47.5 Å². The van der Waals surface area contributed by atoms with Crippen LogP contribution in [-0.4, -0.2) is 9.38 Å². The van der Waals surface area contributed by atoms with Crippen molar-refractivity contribution in [3.8, 4) is 33.4 Å². The number of hydrogen-bond acceptors (Lipinski definition) is 4. The SMILES string of the molecule is O=c1c2cc3c(cc2oc2nc4ccc(-c5cc(-c6ccccc6)cc(-c6ccccc6)c5)cc4n12)sc1ccccc13. The van der Waals surface area contributed by atoms with E-state index in [1.54, 1.807) is 15.7 Å². The van der Waals surface area contributed by atoms with Gasteiger partial charge < -0.3 is 4.42 Å². The maximum atomic E-state index is 14.1. The molecule has 5 heteroatoms. The molecular formula is C38H22N2O2S. The minimum atomic E-state index is -0.129. The van der Waals surface area contributed by atoms with Crippen LogP contribution in [0.4, 0.5) is 0 Å². The molecule has 0 spiro atoms. The van der Waals surface area contributed by atoms with E-state index in [0.29, 0.717) is 16.8 Å². The molecule has 0 saturated carbocycles. The Morgan fingerprint density at radius 2 is 1.19 bits per heavy atom. The molecule has 6 aromatic carbocycles. The zero-order valence-corrected chi connectivity index (χ0v) is 23.6.